The molecule has 2 unspecified atom stereocenters. The largest absolute Gasteiger partial charge is 0.377 e. The van der Waals surface area contributed by atoms with Crippen LogP contribution in [0.4, 0.5) is 0 Å². The van der Waals surface area contributed by atoms with Gasteiger partial charge in [-0.15, -0.1) is 0 Å². The van der Waals surface area contributed by atoms with E-state index in [0.29, 0.717) is 12.1 Å². The highest BCUT2D eigenvalue weighted by molar-refractivity contribution is 5.11. The second-order valence-electron chi connectivity index (χ2n) is 5.92. The Balaban J connectivity index is 2.07. The van der Waals surface area contributed by atoms with Crippen molar-refractivity contribution in [2.24, 2.45) is 13.0 Å². The normalized spacial score (nSPS) is 18.2. The zero-order chi connectivity index (χ0) is 14.5. The SMILES string of the molecule is CCCNC(Cc1cc(C)nn1C)C(OCC)C1CC1. The zero-order valence-electron chi connectivity index (χ0n) is 13.4. The molecule has 0 bridgehead atoms. The highest BCUT2D eigenvalue weighted by Crippen LogP contribution is 2.36. The Hall–Kier alpha value is -0.870. The Morgan fingerprint density at radius 1 is 1.45 bits per heavy atom. The molecule has 2 rings (SSSR count). The summed E-state index contributed by atoms with van der Waals surface area (Å²) < 4.78 is 8.06. The third kappa shape index (κ3) is 4.06. The van der Waals surface area contributed by atoms with Gasteiger partial charge >= 0.3 is 0 Å². The average Bonchev–Trinajstić information content (AvgIpc) is 3.19. The predicted octanol–water partition coefficient (Wildman–Crippen LogP) is 2.45. The first-order valence-corrected chi connectivity index (χ1v) is 8.00. The van der Waals surface area contributed by atoms with E-state index >= 15 is 0 Å². The van der Waals surface area contributed by atoms with Crippen LogP contribution in [0.2, 0.25) is 0 Å². The van der Waals surface area contributed by atoms with Gasteiger partial charge in [-0.2, -0.15) is 5.10 Å². The second-order valence-corrected chi connectivity index (χ2v) is 5.92. The summed E-state index contributed by atoms with van der Waals surface area (Å²) in [5.74, 6) is 0.749. The molecule has 1 aromatic heterocycles. The van der Waals surface area contributed by atoms with Crippen molar-refractivity contribution in [2.45, 2.75) is 58.6 Å². The Labute approximate surface area is 122 Å². The molecule has 0 spiro atoms. The van der Waals surface area contributed by atoms with Crippen molar-refractivity contribution >= 4 is 0 Å². The molecule has 0 aromatic carbocycles. The molecule has 0 saturated heterocycles. The summed E-state index contributed by atoms with van der Waals surface area (Å²) in [5, 5.41) is 8.15. The topological polar surface area (TPSA) is 39.1 Å². The average molecular weight is 279 g/mol. The first-order chi connectivity index (χ1) is 9.65. The number of aryl methyl sites for hydroxylation is 2. The molecule has 0 aliphatic heterocycles. The Morgan fingerprint density at radius 2 is 2.20 bits per heavy atom. The number of hydrogen-bond donors (Lipinski definition) is 1. The minimum absolute atomic E-state index is 0.349. The van der Waals surface area contributed by atoms with Crippen LogP contribution >= 0.6 is 0 Å². The summed E-state index contributed by atoms with van der Waals surface area (Å²) in [4.78, 5) is 0. The van der Waals surface area contributed by atoms with E-state index in [1.807, 2.05) is 11.7 Å². The van der Waals surface area contributed by atoms with Crippen LogP contribution in [0.1, 0.15) is 44.5 Å². The van der Waals surface area contributed by atoms with Crippen LogP contribution < -0.4 is 5.32 Å². The van der Waals surface area contributed by atoms with E-state index in [-0.39, 0.29) is 0 Å². The Bertz CT molecular complexity index is 412. The molecule has 1 aliphatic rings. The number of aromatic nitrogens is 2. The van der Waals surface area contributed by atoms with Crippen LogP contribution in [0.25, 0.3) is 0 Å². The highest BCUT2D eigenvalue weighted by atomic mass is 16.5. The fourth-order valence-corrected chi connectivity index (χ4v) is 2.91. The molecule has 1 fully saturated rings. The molecular weight excluding hydrogens is 250 g/mol. The van der Waals surface area contributed by atoms with Gasteiger partial charge in [-0.3, -0.25) is 4.68 Å². The van der Waals surface area contributed by atoms with Gasteiger partial charge in [-0.25, -0.2) is 0 Å². The molecule has 1 aromatic rings. The van der Waals surface area contributed by atoms with Gasteiger partial charge in [0.25, 0.3) is 0 Å². The van der Waals surface area contributed by atoms with Gasteiger partial charge in [0.1, 0.15) is 0 Å². The molecule has 1 heterocycles. The summed E-state index contributed by atoms with van der Waals surface area (Å²) in [6.07, 6.45) is 5.14. The zero-order valence-corrected chi connectivity index (χ0v) is 13.4. The number of nitrogens with zero attached hydrogens (tertiary/aromatic N) is 2. The molecule has 2 atom stereocenters. The van der Waals surface area contributed by atoms with E-state index in [2.05, 4.69) is 37.3 Å². The number of hydrogen-bond acceptors (Lipinski definition) is 3. The first kappa shape index (κ1) is 15.5. The quantitative estimate of drug-likeness (QED) is 0.754. The van der Waals surface area contributed by atoms with Crippen molar-refractivity contribution in [2.75, 3.05) is 13.2 Å². The summed E-state index contributed by atoms with van der Waals surface area (Å²) in [6.45, 7) is 8.22. The van der Waals surface area contributed by atoms with Crippen LogP contribution in [0.15, 0.2) is 6.07 Å². The monoisotopic (exact) mass is 279 g/mol. The summed E-state index contributed by atoms with van der Waals surface area (Å²) in [6, 6.07) is 2.59. The fraction of sp³-hybridized carbons (Fsp3) is 0.812. The lowest BCUT2D eigenvalue weighted by atomic mass is 10.0. The minimum Gasteiger partial charge on any atom is -0.377 e. The summed E-state index contributed by atoms with van der Waals surface area (Å²) in [5.41, 5.74) is 2.39. The molecular formula is C16H29N3O. The van der Waals surface area contributed by atoms with Gasteiger partial charge in [-0.05, 0) is 51.6 Å². The Morgan fingerprint density at radius 3 is 2.70 bits per heavy atom. The molecule has 20 heavy (non-hydrogen) atoms. The van der Waals surface area contributed by atoms with E-state index in [0.717, 1.165) is 37.6 Å². The summed E-state index contributed by atoms with van der Waals surface area (Å²) >= 11 is 0. The van der Waals surface area contributed by atoms with Gasteiger partial charge in [0.05, 0.1) is 11.8 Å². The molecule has 1 aliphatic carbocycles. The van der Waals surface area contributed by atoms with Crippen LogP contribution in [-0.2, 0) is 18.2 Å². The highest BCUT2D eigenvalue weighted by Gasteiger charge is 2.37. The lowest BCUT2D eigenvalue weighted by molar-refractivity contribution is 0.0188. The molecule has 114 valence electrons. The van der Waals surface area contributed by atoms with Crippen molar-refractivity contribution in [3.63, 3.8) is 0 Å². The molecule has 1 saturated carbocycles. The van der Waals surface area contributed by atoms with E-state index in [4.69, 9.17) is 4.74 Å². The standard InChI is InChI=1S/C16H29N3O/c1-5-9-17-15(16(20-6-2)13-7-8-13)11-14-10-12(3)18-19(14)4/h10,13,15-17H,5-9,11H2,1-4H3. The van der Waals surface area contributed by atoms with Gasteiger partial charge in [-0.1, -0.05) is 6.92 Å². The molecule has 0 radical (unpaired) electrons. The third-order valence-electron chi connectivity index (χ3n) is 4.03. The van der Waals surface area contributed by atoms with Crippen molar-refractivity contribution in [1.29, 1.82) is 0 Å². The molecule has 4 nitrogen and oxygen atoms in total. The van der Waals surface area contributed by atoms with E-state index in [1.54, 1.807) is 0 Å². The van der Waals surface area contributed by atoms with Gasteiger partial charge < -0.3 is 10.1 Å². The first-order valence-electron chi connectivity index (χ1n) is 8.00. The maximum Gasteiger partial charge on any atom is 0.0759 e. The van der Waals surface area contributed by atoms with Crippen molar-refractivity contribution in [3.05, 3.63) is 17.5 Å². The van der Waals surface area contributed by atoms with Crippen molar-refractivity contribution in [3.8, 4) is 0 Å². The van der Waals surface area contributed by atoms with Gasteiger partial charge in [0.15, 0.2) is 0 Å². The molecule has 1 N–H and O–H groups in total. The third-order valence-corrected chi connectivity index (χ3v) is 4.03. The van der Waals surface area contributed by atoms with E-state index in [1.165, 1.54) is 18.5 Å². The maximum atomic E-state index is 6.05. The molecule has 0 amide bonds. The van der Waals surface area contributed by atoms with Crippen molar-refractivity contribution < 1.29 is 4.74 Å². The predicted molar refractivity (Wildman–Crippen MR) is 81.9 cm³/mol. The van der Waals surface area contributed by atoms with Crippen LogP contribution in [0.3, 0.4) is 0 Å². The van der Waals surface area contributed by atoms with Crippen LogP contribution in [0, 0.1) is 12.8 Å². The van der Waals surface area contributed by atoms with E-state index < -0.39 is 0 Å². The fourth-order valence-electron chi connectivity index (χ4n) is 2.91. The number of ether oxygens (including phenoxy) is 1. The van der Waals surface area contributed by atoms with Crippen molar-refractivity contribution in [1.82, 2.24) is 15.1 Å². The Kier molecular flexibility index (Phi) is 5.61. The maximum absolute atomic E-state index is 6.05. The second kappa shape index (κ2) is 7.23. The van der Waals surface area contributed by atoms with Gasteiger partial charge in [0.2, 0.25) is 0 Å². The lowest BCUT2D eigenvalue weighted by Crippen LogP contribution is -2.45. The lowest BCUT2D eigenvalue weighted by Gasteiger charge is -2.28. The van der Waals surface area contributed by atoms with E-state index in [9.17, 15) is 0 Å². The smallest absolute Gasteiger partial charge is 0.0759 e. The van der Waals surface area contributed by atoms with Crippen LogP contribution in [0.5, 0.6) is 0 Å². The van der Waals surface area contributed by atoms with Crippen LogP contribution in [-0.4, -0.2) is 35.1 Å². The minimum atomic E-state index is 0.349. The summed E-state index contributed by atoms with van der Waals surface area (Å²) in [7, 11) is 2.03. The number of nitrogens with one attached hydrogen (secondary N) is 1. The van der Waals surface area contributed by atoms with Gasteiger partial charge in [0, 0.05) is 31.8 Å². The molecule has 4 heteroatoms. The number of rotatable bonds is 9.